The second-order valence-corrected chi connectivity index (χ2v) is 4.19. The molecule has 0 aromatic rings. The molecule has 0 aliphatic carbocycles. The smallest absolute Gasteiger partial charge is 0.315 e. The quantitative estimate of drug-likeness (QED) is 0.530. The first-order valence-corrected chi connectivity index (χ1v) is 5.77. The van der Waals surface area contributed by atoms with E-state index in [4.69, 9.17) is 0 Å². The molecule has 0 radical (unpaired) electrons. The number of esters is 1. The minimum Gasteiger partial charge on any atom is -0.469 e. The molecule has 1 saturated heterocycles. The summed E-state index contributed by atoms with van der Waals surface area (Å²) in [5.41, 5.74) is 0. The van der Waals surface area contributed by atoms with Crippen LogP contribution in [0, 0.1) is 0 Å². The SMILES string of the molecule is COC(=O)CCCCC[C@@H]1NC(=O)N[C@@H]1C. The first-order valence-electron chi connectivity index (χ1n) is 5.77. The molecule has 2 amide bonds. The highest BCUT2D eigenvalue weighted by Crippen LogP contribution is 2.11. The highest BCUT2D eigenvalue weighted by molar-refractivity contribution is 5.77. The predicted octanol–water partition coefficient (Wildman–Crippen LogP) is 1.18. The zero-order chi connectivity index (χ0) is 12.0. The molecule has 1 aliphatic rings. The van der Waals surface area contributed by atoms with Crippen molar-refractivity contribution >= 4 is 12.0 Å². The van der Waals surface area contributed by atoms with Crippen molar-refractivity contribution in [1.29, 1.82) is 0 Å². The Labute approximate surface area is 95.9 Å². The maximum Gasteiger partial charge on any atom is 0.315 e. The number of amides is 2. The fraction of sp³-hybridized carbons (Fsp3) is 0.818. The number of urea groups is 1. The highest BCUT2D eigenvalue weighted by Gasteiger charge is 2.26. The van der Waals surface area contributed by atoms with Gasteiger partial charge in [-0.1, -0.05) is 12.8 Å². The van der Waals surface area contributed by atoms with Crippen molar-refractivity contribution in [2.75, 3.05) is 7.11 Å². The highest BCUT2D eigenvalue weighted by atomic mass is 16.5. The summed E-state index contributed by atoms with van der Waals surface area (Å²) in [6, 6.07) is 0.353. The van der Waals surface area contributed by atoms with E-state index >= 15 is 0 Å². The van der Waals surface area contributed by atoms with Gasteiger partial charge in [-0.25, -0.2) is 4.79 Å². The summed E-state index contributed by atoms with van der Waals surface area (Å²) in [6.45, 7) is 2.00. The van der Waals surface area contributed by atoms with Crippen LogP contribution in [0.15, 0.2) is 0 Å². The second-order valence-electron chi connectivity index (χ2n) is 4.19. The second kappa shape index (κ2) is 6.35. The molecule has 0 unspecified atom stereocenters. The lowest BCUT2D eigenvalue weighted by atomic mass is 10.0. The molecule has 16 heavy (non-hydrogen) atoms. The van der Waals surface area contributed by atoms with Crippen LogP contribution < -0.4 is 10.6 Å². The van der Waals surface area contributed by atoms with Crippen LogP contribution in [0.25, 0.3) is 0 Å². The molecule has 0 spiro atoms. The maximum atomic E-state index is 11.0. The minimum absolute atomic E-state index is 0.0768. The van der Waals surface area contributed by atoms with E-state index in [1.807, 2.05) is 6.92 Å². The summed E-state index contributed by atoms with van der Waals surface area (Å²) in [7, 11) is 1.41. The van der Waals surface area contributed by atoms with Gasteiger partial charge in [0, 0.05) is 12.5 Å². The van der Waals surface area contributed by atoms with Crippen LogP contribution in [0.2, 0.25) is 0 Å². The average molecular weight is 228 g/mol. The Balaban J connectivity index is 2.03. The van der Waals surface area contributed by atoms with E-state index < -0.39 is 0 Å². The number of hydrogen-bond acceptors (Lipinski definition) is 3. The van der Waals surface area contributed by atoms with Crippen LogP contribution in [-0.2, 0) is 9.53 Å². The van der Waals surface area contributed by atoms with E-state index in [-0.39, 0.29) is 24.1 Å². The molecular formula is C11H20N2O3. The topological polar surface area (TPSA) is 67.4 Å². The van der Waals surface area contributed by atoms with Gasteiger partial charge >= 0.3 is 12.0 Å². The molecular weight excluding hydrogens is 208 g/mol. The molecule has 1 fully saturated rings. The molecule has 5 nitrogen and oxygen atoms in total. The molecule has 0 saturated carbocycles. The Hall–Kier alpha value is -1.26. The monoisotopic (exact) mass is 228 g/mol. The van der Waals surface area contributed by atoms with Gasteiger partial charge in [0.1, 0.15) is 0 Å². The van der Waals surface area contributed by atoms with E-state index in [2.05, 4.69) is 15.4 Å². The Kier molecular flexibility index (Phi) is 5.08. The number of nitrogens with one attached hydrogen (secondary N) is 2. The Morgan fingerprint density at radius 2 is 2.06 bits per heavy atom. The molecule has 5 heteroatoms. The van der Waals surface area contributed by atoms with Gasteiger partial charge in [0.05, 0.1) is 13.2 Å². The third kappa shape index (κ3) is 4.08. The fourth-order valence-corrected chi connectivity index (χ4v) is 1.88. The lowest BCUT2D eigenvalue weighted by Gasteiger charge is -2.13. The lowest BCUT2D eigenvalue weighted by Crippen LogP contribution is -2.30. The van der Waals surface area contributed by atoms with Gasteiger partial charge in [-0.3, -0.25) is 4.79 Å². The number of ether oxygens (including phenoxy) is 1. The largest absolute Gasteiger partial charge is 0.469 e. The van der Waals surface area contributed by atoms with Gasteiger partial charge in [0.25, 0.3) is 0 Å². The first-order chi connectivity index (χ1) is 7.63. The minimum atomic E-state index is -0.149. The fourth-order valence-electron chi connectivity index (χ4n) is 1.88. The first kappa shape index (κ1) is 12.8. The molecule has 0 aromatic carbocycles. The Bertz CT molecular complexity index is 256. The normalized spacial score (nSPS) is 23.8. The van der Waals surface area contributed by atoms with Crippen molar-refractivity contribution in [3.63, 3.8) is 0 Å². The number of methoxy groups -OCH3 is 1. The van der Waals surface area contributed by atoms with Gasteiger partial charge in [0.2, 0.25) is 0 Å². The van der Waals surface area contributed by atoms with Gasteiger partial charge in [-0.2, -0.15) is 0 Å². The average Bonchev–Trinajstić information content (AvgIpc) is 2.56. The molecule has 0 bridgehead atoms. The molecule has 2 atom stereocenters. The summed E-state index contributed by atoms with van der Waals surface area (Å²) in [5.74, 6) is -0.149. The van der Waals surface area contributed by atoms with Crippen LogP contribution >= 0.6 is 0 Å². The zero-order valence-electron chi connectivity index (χ0n) is 9.91. The summed E-state index contributed by atoms with van der Waals surface area (Å²) in [6.07, 6.45) is 4.32. The van der Waals surface area contributed by atoms with Gasteiger partial charge < -0.3 is 15.4 Å². The van der Waals surface area contributed by atoms with E-state index in [0.717, 1.165) is 25.7 Å². The Morgan fingerprint density at radius 1 is 1.31 bits per heavy atom. The summed E-state index contributed by atoms with van der Waals surface area (Å²) < 4.78 is 4.56. The number of hydrogen-bond donors (Lipinski definition) is 2. The van der Waals surface area contributed by atoms with Crippen LogP contribution in [0.4, 0.5) is 4.79 Å². The van der Waals surface area contributed by atoms with E-state index in [1.165, 1.54) is 7.11 Å². The number of carbonyl (C=O) groups excluding carboxylic acids is 2. The molecule has 0 aromatic heterocycles. The summed E-state index contributed by atoms with van der Waals surface area (Å²) >= 11 is 0. The van der Waals surface area contributed by atoms with Gasteiger partial charge in [0.15, 0.2) is 0 Å². The van der Waals surface area contributed by atoms with E-state index in [0.29, 0.717) is 6.42 Å². The molecule has 2 N–H and O–H groups in total. The van der Waals surface area contributed by atoms with Crippen molar-refractivity contribution < 1.29 is 14.3 Å². The number of carbonyl (C=O) groups is 2. The van der Waals surface area contributed by atoms with Crippen molar-refractivity contribution in [1.82, 2.24) is 10.6 Å². The zero-order valence-corrected chi connectivity index (χ0v) is 9.91. The summed E-state index contributed by atoms with van der Waals surface area (Å²) in [5, 5.41) is 5.68. The van der Waals surface area contributed by atoms with Crippen molar-refractivity contribution in [2.24, 2.45) is 0 Å². The third-order valence-corrected chi connectivity index (χ3v) is 2.90. The van der Waals surface area contributed by atoms with E-state index in [9.17, 15) is 9.59 Å². The standard InChI is InChI=1S/C11H20N2O3/c1-8-9(13-11(15)12-8)6-4-3-5-7-10(14)16-2/h8-9H,3-7H2,1-2H3,(H2,12,13,15)/t8-,9+/m1/s1. The molecule has 1 aliphatic heterocycles. The van der Waals surface area contributed by atoms with Crippen molar-refractivity contribution in [2.45, 2.75) is 51.1 Å². The molecule has 1 heterocycles. The van der Waals surface area contributed by atoms with E-state index in [1.54, 1.807) is 0 Å². The summed E-state index contributed by atoms with van der Waals surface area (Å²) in [4.78, 5) is 21.8. The van der Waals surface area contributed by atoms with Crippen LogP contribution in [0.1, 0.15) is 39.0 Å². The maximum absolute atomic E-state index is 11.0. The van der Waals surface area contributed by atoms with Gasteiger partial charge in [-0.05, 0) is 19.8 Å². The number of rotatable bonds is 6. The Morgan fingerprint density at radius 3 is 2.62 bits per heavy atom. The molecule has 1 rings (SSSR count). The van der Waals surface area contributed by atoms with Crippen LogP contribution in [0.5, 0.6) is 0 Å². The third-order valence-electron chi connectivity index (χ3n) is 2.90. The van der Waals surface area contributed by atoms with Crippen LogP contribution in [-0.4, -0.2) is 31.2 Å². The predicted molar refractivity (Wildman–Crippen MR) is 60.0 cm³/mol. The lowest BCUT2D eigenvalue weighted by molar-refractivity contribution is -0.140. The van der Waals surface area contributed by atoms with Crippen molar-refractivity contribution in [3.05, 3.63) is 0 Å². The number of unbranched alkanes of at least 4 members (excludes halogenated alkanes) is 2. The van der Waals surface area contributed by atoms with Crippen molar-refractivity contribution in [3.8, 4) is 0 Å². The molecule has 92 valence electrons. The van der Waals surface area contributed by atoms with Crippen LogP contribution in [0.3, 0.4) is 0 Å². The van der Waals surface area contributed by atoms with Gasteiger partial charge in [-0.15, -0.1) is 0 Å².